The minimum Gasteiger partial charge on any atom is -0.493 e. The van der Waals surface area contributed by atoms with E-state index < -0.39 is 0 Å². The third-order valence-electron chi connectivity index (χ3n) is 5.55. The van der Waals surface area contributed by atoms with Gasteiger partial charge in [0.05, 0.1) is 58.6 Å². The van der Waals surface area contributed by atoms with Gasteiger partial charge in [-0.3, -0.25) is 0 Å². The minimum atomic E-state index is 0.163. The number of ether oxygens (including phenoxy) is 5. The van der Waals surface area contributed by atoms with Crippen molar-refractivity contribution in [3.63, 3.8) is 0 Å². The van der Waals surface area contributed by atoms with Crippen molar-refractivity contribution in [1.29, 1.82) is 0 Å². The quantitative estimate of drug-likeness (QED) is 0.365. The Labute approximate surface area is 203 Å². The van der Waals surface area contributed by atoms with Crippen molar-refractivity contribution in [2.75, 3.05) is 40.9 Å². The molecule has 0 radical (unpaired) electrons. The molecule has 0 unspecified atom stereocenters. The molecule has 0 aliphatic rings. The second-order valence-electron chi connectivity index (χ2n) is 7.99. The van der Waals surface area contributed by atoms with E-state index in [2.05, 4.69) is 24.1 Å². The van der Waals surface area contributed by atoms with Crippen LogP contribution in [-0.4, -0.2) is 55.1 Å². The van der Waals surface area contributed by atoms with Crippen LogP contribution < -0.4 is 29.0 Å². The van der Waals surface area contributed by atoms with Gasteiger partial charge in [-0.05, 0) is 12.0 Å². The van der Waals surface area contributed by atoms with Crippen molar-refractivity contribution in [2.45, 2.75) is 19.8 Å². The summed E-state index contributed by atoms with van der Waals surface area (Å²) in [6.07, 6.45) is 3.51. The Morgan fingerprint density at radius 3 is 1.97 bits per heavy atom. The largest absolute Gasteiger partial charge is 0.493 e. The van der Waals surface area contributed by atoms with E-state index in [0.29, 0.717) is 40.5 Å². The maximum Gasteiger partial charge on any atom is 0.229 e. The molecule has 0 bridgehead atoms. The van der Waals surface area contributed by atoms with E-state index in [9.17, 15) is 0 Å². The zero-order chi connectivity index (χ0) is 25.1. The fourth-order valence-corrected chi connectivity index (χ4v) is 3.83. The van der Waals surface area contributed by atoms with Gasteiger partial charge in [0.15, 0.2) is 28.8 Å². The molecule has 35 heavy (non-hydrogen) atoms. The van der Waals surface area contributed by atoms with Crippen molar-refractivity contribution < 1.29 is 23.7 Å². The van der Waals surface area contributed by atoms with Gasteiger partial charge in [-0.2, -0.15) is 0 Å². The molecule has 10 heteroatoms. The average molecular weight is 480 g/mol. The van der Waals surface area contributed by atoms with E-state index in [1.807, 2.05) is 35.0 Å². The molecule has 0 saturated carbocycles. The highest BCUT2D eigenvalue weighted by atomic mass is 16.5. The summed E-state index contributed by atoms with van der Waals surface area (Å²) < 4.78 is 29.1. The van der Waals surface area contributed by atoms with Gasteiger partial charge >= 0.3 is 0 Å². The number of aromatic nitrogens is 4. The zero-order valence-corrected chi connectivity index (χ0v) is 20.9. The van der Waals surface area contributed by atoms with Gasteiger partial charge in [0.1, 0.15) is 6.33 Å². The zero-order valence-electron chi connectivity index (χ0n) is 20.9. The molecule has 1 N–H and O–H groups in total. The summed E-state index contributed by atoms with van der Waals surface area (Å²) in [7, 11) is 7.94. The fraction of sp³-hybridized carbons (Fsp3) is 0.320. The number of hydrogen-bond donors (Lipinski definition) is 1. The summed E-state index contributed by atoms with van der Waals surface area (Å²) in [5.41, 5.74) is 2.43. The molecule has 4 rings (SSSR count). The van der Waals surface area contributed by atoms with E-state index in [1.54, 1.807) is 41.9 Å². The van der Waals surface area contributed by atoms with Gasteiger partial charge in [0.25, 0.3) is 0 Å². The standard InChI is InChI=1S/C25H29N5O5/c1-14(2)23-16-10-18(31-3)19(32-4)11-17(16)27-25(29-23)28-22-12-30(13-26-22)15-8-20(33-5)24(35-7)21(9-15)34-6/h8-14H,1-7H3,(H,27,28,29). The Morgan fingerprint density at radius 1 is 0.771 bits per heavy atom. The van der Waals surface area contributed by atoms with Crippen molar-refractivity contribution in [3.8, 4) is 34.4 Å². The van der Waals surface area contributed by atoms with Crippen molar-refractivity contribution >= 4 is 22.7 Å². The molecule has 10 nitrogen and oxygen atoms in total. The van der Waals surface area contributed by atoms with E-state index in [1.165, 1.54) is 0 Å². The number of nitrogens with one attached hydrogen (secondary N) is 1. The first-order valence-electron chi connectivity index (χ1n) is 11.0. The summed E-state index contributed by atoms with van der Waals surface area (Å²) in [5.74, 6) is 4.03. The number of fused-ring (bicyclic) bond motifs is 1. The van der Waals surface area contributed by atoms with Gasteiger partial charge in [-0.15, -0.1) is 0 Å². The van der Waals surface area contributed by atoms with Crippen LogP contribution in [0, 0.1) is 0 Å². The summed E-state index contributed by atoms with van der Waals surface area (Å²) in [4.78, 5) is 13.9. The number of nitrogens with zero attached hydrogens (tertiary/aromatic N) is 4. The highest BCUT2D eigenvalue weighted by Gasteiger charge is 2.17. The molecule has 0 aliphatic carbocycles. The van der Waals surface area contributed by atoms with Crippen LogP contribution in [0.5, 0.6) is 28.7 Å². The van der Waals surface area contributed by atoms with Crippen LogP contribution in [-0.2, 0) is 0 Å². The maximum atomic E-state index is 5.46. The fourth-order valence-electron chi connectivity index (χ4n) is 3.83. The van der Waals surface area contributed by atoms with Crippen LogP contribution in [0.3, 0.4) is 0 Å². The normalized spacial score (nSPS) is 11.0. The van der Waals surface area contributed by atoms with Crippen LogP contribution >= 0.6 is 0 Å². The molecule has 2 aromatic carbocycles. The van der Waals surface area contributed by atoms with Gasteiger partial charge in [0.2, 0.25) is 11.7 Å². The van der Waals surface area contributed by atoms with Crippen molar-refractivity contribution in [2.24, 2.45) is 0 Å². The predicted octanol–water partition coefficient (Wildman–Crippen LogP) is 4.73. The van der Waals surface area contributed by atoms with E-state index >= 15 is 0 Å². The monoisotopic (exact) mass is 479 g/mol. The lowest BCUT2D eigenvalue weighted by molar-refractivity contribution is 0.324. The second-order valence-corrected chi connectivity index (χ2v) is 7.99. The topological polar surface area (TPSA) is 102 Å². The Kier molecular flexibility index (Phi) is 6.81. The molecular weight excluding hydrogens is 450 g/mol. The van der Waals surface area contributed by atoms with E-state index in [4.69, 9.17) is 33.7 Å². The molecule has 2 heterocycles. The van der Waals surface area contributed by atoms with E-state index in [-0.39, 0.29) is 5.92 Å². The van der Waals surface area contributed by atoms with Crippen molar-refractivity contribution in [3.05, 3.63) is 42.5 Å². The molecule has 0 fully saturated rings. The first-order chi connectivity index (χ1) is 16.9. The minimum absolute atomic E-state index is 0.163. The molecular formula is C25H29N5O5. The molecule has 0 saturated heterocycles. The first kappa shape index (κ1) is 23.9. The average Bonchev–Trinajstić information content (AvgIpc) is 3.34. The Balaban J connectivity index is 1.71. The Morgan fingerprint density at radius 2 is 1.40 bits per heavy atom. The predicted molar refractivity (Wildman–Crippen MR) is 133 cm³/mol. The van der Waals surface area contributed by atoms with Crippen molar-refractivity contribution in [1.82, 2.24) is 19.5 Å². The third-order valence-corrected chi connectivity index (χ3v) is 5.55. The lowest BCUT2D eigenvalue weighted by Gasteiger charge is -2.15. The van der Waals surface area contributed by atoms with Gasteiger partial charge < -0.3 is 33.6 Å². The smallest absolute Gasteiger partial charge is 0.229 e. The number of anilines is 2. The molecule has 0 atom stereocenters. The second kappa shape index (κ2) is 9.96. The van der Waals surface area contributed by atoms with Crippen LogP contribution in [0.2, 0.25) is 0 Å². The molecule has 4 aromatic rings. The SMILES string of the molecule is COc1cc2nc(Nc3cn(-c4cc(OC)c(OC)c(OC)c4)cn3)nc(C(C)C)c2cc1OC. The maximum absolute atomic E-state index is 5.46. The Hall–Kier alpha value is -4.21. The summed E-state index contributed by atoms with van der Waals surface area (Å²) in [6, 6.07) is 7.44. The summed E-state index contributed by atoms with van der Waals surface area (Å²) >= 11 is 0. The summed E-state index contributed by atoms with van der Waals surface area (Å²) in [6.45, 7) is 4.17. The highest BCUT2D eigenvalue weighted by Crippen LogP contribution is 2.39. The lowest BCUT2D eigenvalue weighted by Crippen LogP contribution is -2.04. The molecule has 2 aromatic heterocycles. The number of imidazole rings is 1. The lowest BCUT2D eigenvalue weighted by atomic mass is 10.0. The molecule has 0 aliphatic heterocycles. The Bertz CT molecular complexity index is 1330. The summed E-state index contributed by atoms with van der Waals surface area (Å²) in [5, 5.41) is 4.12. The van der Waals surface area contributed by atoms with Crippen LogP contribution in [0.1, 0.15) is 25.5 Å². The van der Waals surface area contributed by atoms with Crippen LogP contribution in [0.15, 0.2) is 36.8 Å². The highest BCUT2D eigenvalue weighted by molar-refractivity contribution is 5.86. The van der Waals surface area contributed by atoms with Gasteiger partial charge in [-0.25, -0.2) is 15.0 Å². The molecule has 184 valence electrons. The van der Waals surface area contributed by atoms with Gasteiger partial charge in [-0.1, -0.05) is 13.8 Å². The molecule has 0 spiro atoms. The van der Waals surface area contributed by atoms with Crippen LogP contribution in [0.25, 0.3) is 16.6 Å². The number of benzene rings is 2. The third kappa shape index (κ3) is 4.59. The van der Waals surface area contributed by atoms with E-state index in [0.717, 1.165) is 22.3 Å². The molecule has 0 amide bonds. The number of hydrogen-bond acceptors (Lipinski definition) is 9. The first-order valence-corrected chi connectivity index (χ1v) is 11.0. The van der Waals surface area contributed by atoms with Crippen LogP contribution in [0.4, 0.5) is 11.8 Å². The van der Waals surface area contributed by atoms with Gasteiger partial charge in [0, 0.05) is 23.6 Å². The number of rotatable bonds is 9. The number of methoxy groups -OCH3 is 5.